The van der Waals surface area contributed by atoms with Crippen LogP contribution in [0.3, 0.4) is 0 Å². The van der Waals surface area contributed by atoms with Crippen molar-refractivity contribution in [1.82, 2.24) is 0 Å². The van der Waals surface area contributed by atoms with Gasteiger partial charge in [-0.25, -0.2) is 0 Å². The molecule has 3 rings (SSSR count). The molecular formula is C4H3BiO6. The Morgan fingerprint density at radius 3 is 1.82 bits per heavy atom. The first-order valence-corrected chi connectivity index (χ1v) is 9.36. The maximum absolute atomic E-state index is 10.8. The molecule has 11 heavy (non-hydrogen) atoms. The molecule has 3 aliphatic heterocycles. The number of hydrogen-bond donors (Lipinski definition) is 0. The van der Waals surface area contributed by atoms with Gasteiger partial charge < -0.3 is 0 Å². The quantitative estimate of drug-likeness (QED) is 0.470. The van der Waals surface area contributed by atoms with Crippen molar-refractivity contribution in [2.75, 3.05) is 0 Å². The van der Waals surface area contributed by atoms with Crippen molar-refractivity contribution in [3.05, 3.63) is 0 Å². The van der Waals surface area contributed by atoms with E-state index in [-0.39, 0.29) is 0 Å². The number of hydrogen-bond acceptors (Lipinski definition) is 6. The second kappa shape index (κ2) is 1.58. The summed E-state index contributed by atoms with van der Waals surface area (Å²) in [7, 11) is 0. The van der Waals surface area contributed by atoms with Crippen molar-refractivity contribution in [1.29, 1.82) is 0 Å². The summed E-state index contributed by atoms with van der Waals surface area (Å²) in [5, 5.41) is 0. The molecule has 2 atom stereocenters. The van der Waals surface area contributed by atoms with E-state index < -0.39 is 46.2 Å². The molecular weight excluding hydrogens is 353 g/mol. The van der Waals surface area contributed by atoms with Gasteiger partial charge in [-0.15, -0.1) is 0 Å². The van der Waals surface area contributed by atoms with Crippen LogP contribution in [-0.2, 0) is 20.8 Å². The number of carbonyl (C=O) groups excluding carboxylic acids is 2. The summed E-state index contributed by atoms with van der Waals surface area (Å²) >= 11 is -4.11. The molecule has 3 saturated heterocycles. The van der Waals surface area contributed by atoms with Crippen LogP contribution in [0.5, 0.6) is 0 Å². The number of fused-ring (bicyclic) bond motifs is 3. The van der Waals surface area contributed by atoms with Crippen LogP contribution in [0, 0.1) is 0 Å². The Bertz CT molecular complexity index is 246. The van der Waals surface area contributed by atoms with E-state index in [1.807, 2.05) is 0 Å². The SMILES string of the molecule is O=C1[O][BiH]23[O]C(=O)C([O]2)C1[O]3. The molecule has 3 fully saturated rings. The van der Waals surface area contributed by atoms with Crippen LogP contribution in [0.2, 0.25) is 0 Å². The van der Waals surface area contributed by atoms with Crippen molar-refractivity contribution >= 4 is 34.0 Å². The van der Waals surface area contributed by atoms with Gasteiger partial charge in [0.1, 0.15) is 0 Å². The van der Waals surface area contributed by atoms with Crippen molar-refractivity contribution in [3.8, 4) is 0 Å². The molecule has 0 aromatic carbocycles. The Balaban J connectivity index is 2.13. The first-order valence-electron chi connectivity index (χ1n) is 3.02. The first kappa shape index (κ1) is 6.28. The van der Waals surface area contributed by atoms with E-state index in [0.29, 0.717) is 0 Å². The summed E-state index contributed by atoms with van der Waals surface area (Å²) < 4.78 is 19.5. The van der Waals surface area contributed by atoms with E-state index in [9.17, 15) is 9.59 Å². The van der Waals surface area contributed by atoms with Crippen molar-refractivity contribution < 1.29 is 20.8 Å². The molecule has 3 aliphatic rings. The summed E-state index contributed by atoms with van der Waals surface area (Å²) in [6.07, 6.45) is -1.64. The van der Waals surface area contributed by atoms with Crippen LogP contribution in [0.25, 0.3) is 0 Å². The molecule has 60 valence electrons. The predicted octanol–water partition coefficient (Wildman–Crippen LogP) is -1.95. The zero-order valence-corrected chi connectivity index (χ0v) is 8.99. The minimum atomic E-state index is -4.11. The Morgan fingerprint density at radius 1 is 1.00 bits per heavy atom. The topological polar surface area (TPSA) is 71.1 Å². The van der Waals surface area contributed by atoms with E-state index >= 15 is 0 Å². The van der Waals surface area contributed by atoms with Gasteiger partial charge in [0.2, 0.25) is 0 Å². The van der Waals surface area contributed by atoms with Gasteiger partial charge in [0.25, 0.3) is 0 Å². The van der Waals surface area contributed by atoms with Gasteiger partial charge in [0, 0.05) is 0 Å². The summed E-state index contributed by atoms with van der Waals surface area (Å²) in [4.78, 5) is 21.7. The molecule has 6 nitrogen and oxygen atoms in total. The van der Waals surface area contributed by atoms with E-state index in [1.54, 1.807) is 0 Å². The second-order valence-electron chi connectivity index (χ2n) is 2.42. The van der Waals surface area contributed by atoms with E-state index in [4.69, 9.17) is 11.3 Å². The Hall–Kier alpha value is -0.257. The summed E-state index contributed by atoms with van der Waals surface area (Å²) in [5.74, 6) is -1.01. The molecule has 0 amide bonds. The molecule has 0 aromatic heterocycles. The molecule has 3 bridgehead atoms. The molecule has 0 saturated carbocycles. The van der Waals surface area contributed by atoms with Gasteiger partial charge in [-0.1, -0.05) is 0 Å². The molecule has 0 aliphatic carbocycles. The maximum atomic E-state index is 10.8. The Kier molecular flexibility index (Phi) is 0.899. The minimum absolute atomic E-state index is 0.506. The third-order valence-corrected chi connectivity index (χ3v) is 9.46. The molecule has 0 N–H and O–H groups in total. The van der Waals surface area contributed by atoms with E-state index in [2.05, 4.69) is 0 Å². The third kappa shape index (κ3) is 0.580. The number of rotatable bonds is 0. The van der Waals surface area contributed by atoms with Gasteiger partial charge in [-0.05, 0) is 0 Å². The fraction of sp³-hybridized carbons (Fsp3) is 0.500. The summed E-state index contributed by atoms with van der Waals surface area (Å²) in [5.41, 5.74) is 0. The molecule has 7 heteroatoms. The average molecular weight is 356 g/mol. The van der Waals surface area contributed by atoms with Gasteiger partial charge in [-0.2, -0.15) is 0 Å². The molecule has 0 radical (unpaired) electrons. The standard InChI is InChI=1S/C4H4O6.Bi.H/c5-1(3(7)8)2(6)4(9)10;;/h1-2H,(H,7,8)(H,9,10);;/q-2;+4;/p-2. The van der Waals surface area contributed by atoms with Gasteiger partial charge in [0.15, 0.2) is 0 Å². The van der Waals surface area contributed by atoms with Crippen LogP contribution >= 0.6 is 0 Å². The molecule has 3 heterocycles. The zero-order chi connectivity index (χ0) is 7.64. The van der Waals surface area contributed by atoms with Gasteiger partial charge >= 0.3 is 67.0 Å². The van der Waals surface area contributed by atoms with E-state index in [0.717, 1.165) is 0 Å². The van der Waals surface area contributed by atoms with Crippen LogP contribution in [0.15, 0.2) is 0 Å². The molecule has 0 aromatic rings. The van der Waals surface area contributed by atoms with Crippen molar-refractivity contribution in [2.24, 2.45) is 0 Å². The first-order chi connectivity index (χ1) is 5.20. The second-order valence-corrected chi connectivity index (χ2v) is 9.73. The van der Waals surface area contributed by atoms with Crippen molar-refractivity contribution in [2.45, 2.75) is 12.2 Å². The Morgan fingerprint density at radius 2 is 1.45 bits per heavy atom. The third-order valence-electron chi connectivity index (χ3n) is 1.73. The molecule has 1 spiro atoms. The van der Waals surface area contributed by atoms with Crippen LogP contribution < -0.4 is 0 Å². The fourth-order valence-corrected chi connectivity index (χ4v) is 9.36. The summed E-state index contributed by atoms with van der Waals surface area (Å²) in [6.45, 7) is 0. The van der Waals surface area contributed by atoms with Gasteiger partial charge in [0.05, 0.1) is 0 Å². The summed E-state index contributed by atoms with van der Waals surface area (Å²) in [6, 6.07) is 0. The zero-order valence-electron chi connectivity index (χ0n) is 5.10. The van der Waals surface area contributed by atoms with Crippen LogP contribution in [0.1, 0.15) is 0 Å². The van der Waals surface area contributed by atoms with E-state index in [1.165, 1.54) is 0 Å². The predicted molar refractivity (Wildman–Crippen MR) is 29.1 cm³/mol. The fourth-order valence-electron chi connectivity index (χ4n) is 1.29. The average Bonchev–Trinajstić information content (AvgIpc) is 2.46. The molecule has 2 unspecified atom stereocenters. The van der Waals surface area contributed by atoms with Gasteiger partial charge in [-0.3, -0.25) is 0 Å². The monoisotopic (exact) mass is 356 g/mol. The van der Waals surface area contributed by atoms with Crippen LogP contribution in [-0.4, -0.2) is 46.2 Å². The normalized spacial score (nSPS) is 45.5. The van der Waals surface area contributed by atoms with Crippen LogP contribution in [0.4, 0.5) is 0 Å². The Labute approximate surface area is 67.2 Å². The number of carbonyl (C=O) groups is 2. The van der Waals surface area contributed by atoms with Crippen molar-refractivity contribution in [3.63, 3.8) is 0 Å².